The molecule has 0 fully saturated rings. The Morgan fingerprint density at radius 1 is 1.53 bits per heavy atom. The third-order valence-electron chi connectivity index (χ3n) is 2.63. The van der Waals surface area contributed by atoms with Gasteiger partial charge in [-0.1, -0.05) is 6.92 Å². The van der Waals surface area contributed by atoms with Gasteiger partial charge in [0.15, 0.2) is 0 Å². The molecule has 0 aromatic carbocycles. The summed E-state index contributed by atoms with van der Waals surface area (Å²) in [5.41, 5.74) is 1.24. The van der Waals surface area contributed by atoms with Gasteiger partial charge in [-0.05, 0) is 35.5 Å². The van der Waals surface area contributed by atoms with Crippen molar-refractivity contribution < 1.29 is 0 Å². The van der Waals surface area contributed by atoms with E-state index in [4.69, 9.17) is 0 Å². The summed E-state index contributed by atoms with van der Waals surface area (Å²) in [6.45, 7) is 6.93. The monoisotopic (exact) mass is 313 g/mol. The van der Waals surface area contributed by atoms with E-state index in [0.29, 0.717) is 0 Å². The molecule has 2 aromatic rings. The highest BCUT2D eigenvalue weighted by atomic mass is 79.9. The second kappa shape index (κ2) is 5.80. The van der Waals surface area contributed by atoms with Crippen LogP contribution in [0, 0.1) is 6.92 Å². The lowest BCUT2D eigenvalue weighted by Crippen LogP contribution is -2.16. The fourth-order valence-electron chi connectivity index (χ4n) is 1.72. The van der Waals surface area contributed by atoms with E-state index in [0.717, 1.165) is 29.9 Å². The van der Waals surface area contributed by atoms with Crippen LogP contribution in [0.3, 0.4) is 0 Å². The molecule has 0 saturated heterocycles. The summed E-state index contributed by atoms with van der Waals surface area (Å²) in [4.78, 5) is 5.73. The lowest BCUT2D eigenvalue weighted by Gasteiger charge is -2.09. The molecule has 0 bridgehead atoms. The number of hydrogen-bond donors (Lipinski definition) is 1. The first-order chi connectivity index (χ1) is 8.20. The quantitative estimate of drug-likeness (QED) is 0.919. The van der Waals surface area contributed by atoms with E-state index in [2.05, 4.69) is 56.1 Å². The number of aryl methyl sites for hydroxylation is 1. The first-order valence-corrected chi connectivity index (χ1v) is 7.32. The number of thiophene rings is 1. The highest BCUT2D eigenvalue weighted by Crippen LogP contribution is 2.21. The van der Waals surface area contributed by atoms with Gasteiger partial charge in [0.2, 0.25) is 0 Å². The average molecular weight is 314 g/mol. The standard InChI is InChI=1S/C12H16BrN3S/c1-3-14-5-11-6-15-9(2)16(11)7-12-4-10(13)8-17-12/h4,6,8,14H,3,5,7H2,1-2H3. The molecule has 92 valence electrons. The maximum atomic E-state index is 4.39. The van der Waals surface area contributed by atoms with Crippen LogP contribution in [0.5, 0.6) is 0 Å². The Hall–Kier alpha value is -0.650. The molecule has 0 saturated carbocycles. The average Bonchev–Trinajstić information content (AvgIpc) is 2.86. The van der Waals surface area contributed by atoms with Gasteiger partial charge in [-0.3, -0.25) is 0 Å². The summed E-state index contributed by atoms with van der Waals surface area (Å²) in [7, 11) is 0. The van der Waals surface area contributed by atoms with Crippen molar-refractivity contribution in [2.24, 2.45) is 0 Å². The molecule has 2 aromatic heterocycles. The molecule has 2 rings (SSSR count). The van der Waals surface area contributed by atoms with Gasteiger partial charge in [-0.15, -0.1) is 11.3 Å². The van der Waals surface area contributed by atoms with Gasteiger partial charge in [0.25, 0.3) is 0 Å². The zero-order valence-corrected chi connectivity index (χ0v) is 12.4. The minimum absolute atomic E-state index is 0.879. The largest absolute Gasteiger partial charge is 0.326 e. The van der Waals surface area contributed by atoms with E-state index < -0.39 is 0 Å². The van der Waals surface area contributed by atoms with Crippen molar-refractivity contribution in [3.05, 3.63) is 38.5 Å². The number of hydrogen-bond acceptors (Lipinski definition) is 3. The molecular weight excluding hydrogens is 298 g/mol. The summed E-state index contributed by atoms with van der Waals surface area (Å²) < 4.78 is 3.42. The van der Waals surface area contributed by atoms with Gasteiger partial charge in [-0.25, -0.2) is 4.98 Å². The minimum Gasteiger partial charge on any atom is -0.326 e. The van der Waals surface area contributed by atoms with E-state index in [1.807, 2.05) is 6.20 Å². The Morgan fingerprint density at radius 3 is 3.00 bits per heavy atom. The van der Waals surface area contributed by atoms with Crippen molar-refractivity contribution in [3.8, 4) is 0 Å². The van der Waals surface area contributed by atoms with Crippen molar-refractivity contribution in [2.45, 2.75) is 26.9 Å². The predicted molar refractivity (Wildman–Crippen MR) is 75.5 cm³/mol. The van der Waals surface area contributed by atoms with Gasteiger partial charge in [0.1, 0.15) is 5.82 Å². The van der Waals surface area contributed by atoms with Crippen LogP contribution in [0.1, 0.15) is 23.3 Å². The second-order valence-corrected chi connectivity index (χ2v) is 5.81. The van der Waals surface area contributed by atoms with Crippen LogP contribution in [-0.2, 0) is 13.1 Å². The molecule has 0 amide bonds. The molecule has 0 aliphatic carbocycles. The Morgan fingerprint density at radius 2 is 2.35 bits per heavy atom. The van der Waals surface area contributed by atoms with Crippen LogP contribution >= 0.6 is 27.3 Å². The van der Waals surface area contributed by atoms with Crippen LogP contribution in [-0.4, -0.2) is 16.1 Å². The summed E-state index contributed by atoms with van der Waals surface area (Å²) in [5, 5.41) is 5.46. The molecule has 0 atom stereocenters. The number of imidazole rings is 1. The molecule has 0 unspecified atom stereocenters. The Balaban J connectivity index is 2.16. The topological polar surface area (TPSA) is 29.9 Å². The van der Waals surface area contributed by atoms with E-state index in [-0.39, 0.29) is 0 Å². The second-order valence-electron chi connectivity index (χ2n) is 3.89. The maximum absolute atomic E-state index is 4.39. The first kappa shape index (κ1) is 12.8. The molecule has 5 heteroatoms. The number of nitrogens with zero attached hydrogens (tertiary/aromatic N) is 2. The summed E-state index contributed by atoms with van der Waals surface area (Å²) in [6.07, 6.45) is 1.96. The zero-order valence-electron chi connectivity index (χ0n) is 10.0. The van der Waals surface area contributed by atoms with E-state index in [1.54, 1.807) is 11.3 Å². The third-order valence-corrected chi connectivity index (χ3v) is 4.31. The molecule has 0 radical (unpaired) electrons. The molecule has 17 heavy (non-hydrogen) atoms. The van der Waals surface area contributed by atoms with Crippen LogP contribution < -0.4 is 5.32 Å². The smallest absolute Gasteiger partial charge is 0.106 e. The zero-order chi connectivity index (χ0) is 12.3. The molecule has 2 heterocycles. The molecule has 0 aliphatic heterocycles. The van der Waals surface area contributed by atoms with Crippen molar-refractivity contribution >= 4 is 27.3 Å². The van der Waals surface area contributed by atoms with Gasteiger partial charge < -0.3 is 9.88 Å². The van der Waals surface area contributed by atoms with Crippen LogP contribution in [0.15, 0.2) is 22.1 Å². The van der Waals surface area contributed by atoms with Gasteiger partial charge >= 0.3 is 0 Å². The van der Waals surface area contributed by atoms with Crippen LogP contribution in [0.4, 0.5) is 0 Å². The third kappa shape index (κ3) is 3.18. The lowest BCUT2D eigenvalue weighted by atomic mass is 10.4. The van der Waals surface area contributed by atoms with Crippen molar-refractivity contribution in [2.75, 3.05) is 6.54 Å². The van der Waals surface area contributed by atoms with Gasteiger partial charge in [0.05, 0.1) is 12.2 Å². The summed E-state index contributed by atoms with van der Waals surface area (Å²) in [5.74, 6) is 1.07. The molecule has 0 aliphatic rings. The fraction of sp³-hybridized carbons (Fsp3) is 0.417. The number of rotatable bonds is 5. The summed E-state index contributed by atoms with van der Waals surface area (Å²) in [6, 6.07) is 2.17. The highest BCUT2D eigenvalue weighted by molar-refractivity contribution is 9.10. The lowest BCUT2D eigenvalue weighted by molar-refractivity contribution is 0.650. The van der Waals surface area contributed by atoms with E-state index in [1.165, 1.54) is 10.6 Å². The molecule has 1 N–H and O–H groups in total. The normalized spacial score (nSPS) is 11.0. The predicted octanol–water partition coefficient (Wildman–Crippen LogP) is 3.17. The Bertz CT molecular complexity index is 490. The van der Waals surface area contributed by atoms with Gasteiger partial charge in [0, 0.05) is 27.5 Å². The fourth-order valence-corrected chi connectivity index (χ4v) is 3.16. The van der Waals surface area contributed by atoms with Crippen LogP contribution in [0.2, 0.25) is 0 Å². The Kier molecular flexibility index (Phi) is 4.36. The van der Waals surface area contributed by atoms with E-state index >= 15 is 0 Å². The van der Waals surface area contributed by atoms with Crippen molar-refractivity contribution in [1.82, 2.24) is 14.9 Å². The Labute approximate surface area is 114 Å². The molecule has 0 spiro atoms. The minimum atomic E-state index is 0.879. The number of aromatic nitrogens is 2. The van der Waals surface area contributed by atoms with E-state index in [9.17, 15) is 0 Å². The molecular formula is C12H16BrN3S. The number of nitrogens with one attached hydrogen (secondary N) is 1. The van der Waals surface area contributed by atoms with Crippen molar-refractivity contribution in [3.63, 3.8) is 0 Å². The van der Waals surface area contributed by atoms with Gasteiger partial charge in [-0.2, -0.15) is 0 Å². The molecule has 3 nitrogen and oxygen atoms in total. The SMILES string of the molecule is CCNCc1cnc(C)n1Cc1cc(Br)cs1. The maximum Gasteiger partial charge on any atom is 0.106 e. The first-order valence-electron chi connectivity index (χ1n) is 5.65. The summed E-state index contributed by atoms with van der Waals surface area (Å²) >= 11 is 5.26. The number of halogens is 1. The van der Waals surface area contributed by atoms with Crippen molar-refractivity contribution in [1.29, 1.82) is 0 Å². The van der Waals surface area contributed by atoms with Crippen LogP contribution in [0.25, 0.3) is 0 Å². The highest BCUT2D eigenvalue weighted by Gasteiger charge is 2.07.